The molecule has 21 heteroatoms. The summed E-state index contributed by atoms with van der Waals surface area (Å²) in [5.74, 6) is 0. The molecule has 45 heavy (non-hydrogen) atoms. The molecule has 0 amide bonds. The van der Waals surface area contributed by atoms with Crippen molar-refractivity contribution in [1.82, 2.24) is 0 Å². The van der Waals surface area contributed by atoms with Crippen LogP contribution in [0.5, 0.6) is 0 Å². The first-order valence-electron chi connectivity index (χ1n) is 13.9. The molecule has 0 aromatic heterocycles. The van der Waals surface area contributed by atoms with E-state index < -0.39 is 134 Å². The molecule has 264 valence electrons. The molecule has 4 aliphatic heterocycles. The standard InChI is InChI=1S/C24H42O21/c1-21(14(34)7(28)10(31)18(38)43-21)23(4-26)24(40,22(2)15(35)8(29)11(32)19(39)44-22)16(36)12(33)20(45-23)42-13-5(3-25)41-17(37)9(30)6(13)27/h5-20,25-40H,3-4H2,1-2H3/t5-,6-,7+,8+,9?,10+,11+,12-,13-,14+,15+,16-,17?,18?,19?,20-,21+,22+,23+,24-/m1/s1. The summed E-state index contributed by atoms with van der Waals surface area (Å²) < 4.78 is 27.0. The van der Waals surface area contributed by atoms with Crippen LogP contribution in [0.2, 0.25) is 0 Å². The highest BCUT2D eigenvalue weighted by molar-refractivity contribution is 5.30. The van der Waals surface area contributed by atoms with Crippen LogP contribution in [0, 0.1) is 0 Å². The fourth-order valence-corrected chi connectivity index (χ4v) is 6.79. The summed E-state index contributed by atoms with van der Waals surface area (Å²) in [7, 11) is 0. The zero-order valence-electron chi connectivity index (χ0n) is 23.8. The summed E-state index contributed by atoms with van der Waals surface area (Å²) in [6, 6.07) is 0. The van der Waals surface area contributed by atoms with Crippen LogP contribution in [0.15, 0.2) is 0 Å². The number of rotatable bonds is 6. The van der Waals surface area contributed by atoms with E-state index in [-0.39, 0.29) is 0 Å². The van der Waals surface area contributed by atoms with Gasteiger partial charge in [-0.2, -0.15) is 0 Å². The first-order chi connectivity index (χ1) is 20.7. The molecule has 0 spiro atoms. The van der Waals surface area contributed by atoms with E-state index in [2.05, 4.69) is 0 Å². The number of aliphatic hydroxyl groups excluding tert-OH is 15. The molecule has 20 atom stereocenters. The van der Waals surface area contributed by atoms with Gasteiger partial charge in [-0.05, 0) is 13.8 Å². The van der Waals surface area contributed by atoms with Gasteiger partial charge in [-0.25, -0.2) is 0 Å². The number of hydrogen-bond donors (Lipinski definition) is 16. The normalized spacial score (nSPS) is 59.6. The van der Waals surface area contributed by atoms with Crippen molar-refractivity contribution in [3.05, 3.63) is 0 Å². The molecule has 4 aliphatic rings. The molecule has 4 fully saturated rings. The molecule has 0 aromatic rings. The Hall–Kier alpha value is -0.840. The van der Waals surface area contributed by atoms with E-state index in [0.29, 0.717) is 0 Å². The van der Waals surface area contributed by atoms with Crippen LogP contribution in [0.3, 0.4) is 0 Å². The first-order valence-corrected chi connectivity index (χ1v) is 13.9. The minimum atomic E-state index is -3.67. The molecule has 0 aromatic carbocycles. The molecule has 21 nitrogen and oxygen atoms in total. The summed E-state index contributed by atoms with van der Waals surface area (Å²) in [6.07, 6.45) is -36.7. The Morgan fingerprint density at radius 3 is 1.51 bits per heavy atom. The number of aliphatic hydroxyl groups is 16. The van der Waals surface area contributed by atoms with Crippen LogP contribution >= 0.6 is 0 Å². The van der Waals surface area contributed by atoms with Gasteiger partial charge in [0.1, 0.15) is 84.4 Å². The summed E-state index contributed by atoms with van der Waals surface area (Å²) >= 11 is 0. The van der Waals surface area contributed by atoms with Crippen LogP contribution in [0.4, 0.5) is 0 Å². The second-order valence-electron chi connectivity index (χ2n) is 12.1. The van der Waals surface area contributed by atoms with E-state index in [4.69, 9.17) is 23.7 Å². The van der Waals surface area contributed by atoms with Crippen LogP contribution < -0.4 is 0 Å². The third-order valence-electron chi connectivity index (χ3n) is 9.67. The Balaban J connectivity index is 1.93. The topological polar surface area (TPSA) is 370 Å². The summed E-state index contributed by atoms with van der Waals surface area (Å²) in [6.45, 7) is -1.20. The zero-order valence-corrected chi connectivity index (χ0v) is 23.8. The SMILES string of the molecule is C[C@]1([C@]2(CO)O[C@@H](O[C@H]3[C@H](O)C(O)C(O)O[C@@H]3CO)[C@H](O)[C@@H](O)[C@@]2(O)[C@@]2(C)OC(O)[C@@H](O)[C@H](O)[C@@H]2O)OC(O)[C@@H](O)[C@H](O)[C@@H]1O. The van der Waals surface area contributed by atoms with E-state index in [1.54, 1.807) is 0 Å². The number of hydrogen-bond acceptors (Lipinski definition) is 21. The van der Waals surface area contributed by atoms with Crippen LogP contribution in [0.25, 0.3) is 0 Å². The van der Waals surface area contributed by atoms with Crippen molar-refractivity contribution >= 4 is 0 Å². The van der Waals surface area contributed by atoms with Gasteiger partial charge >= 0.3 is 0 Å². The predicted octanol–water partition coefficient (Wildman–Crippen LogP) is -10.3. The third kappa shape index (κ3) is 5.06. The zero-order chi connectivity index (χ0) is 34.2. The molecule has 0 aliphatic carbocycles. The summed E-state index contributed by atoms with van der Waals surface area (Å²) in [4.78, 5) is 0. The van der Waals surface area contributed by atoms with Gasteiger partial charge in [0.15, 0.2) is 36.4 Å². The minimum absolute atomic E-state index is 0.722. The molecule has 4 unspecified atom stereocenters. The van der Waals surface area contributed by atoms with E-state index in [1.807, 2.05) is 0 Å². The molecule has 16 N–H and O–H groups in total. The lowest BCUT2D eigenvalue weighted by Gasteiger charge is -2.68. The Morgan fingerprint density at radius 1 is 0.556 bits per heavy atom. The smallest absolute Gasteiger partial charge is 0.187 e. The fraction of sp³-hybridized carbons (Fsp3) is 1.00. The maximum atomic E-state index is 12.5. The van der Waals surface area contributed by atoms with Gasteiger partial charge < -0.3 is 105 Å². The summed E-state index contributed by atoms with van der Waals surface area (Å²) in [5, 5.41) is 171. The summed E-state index contributed by atoms with van der Waals surface area (Å²) in [5.41, 5.74) is -13.1. The fourth-order valence-electron chi connectivity index (χ4n) is 6.79. The number of ether oxygens (including phenoxy) is 5. The Kier molecular flexibility index (Phi) is 10.3. The molecule has 0 saturated carbocycles. The maximum Gasteiger partial charge on any atom is 0.187 e. The van der Waals surface area contributed by atoms with Crippen molar-refractivity contribution in [3.8, 4) is 0 Å². The van der Waals surface area contributed by atoms with Gasteiger partial charge in [-0.3, -0.25) is 0 Å². The van der Waals surface area contributed by atoms with Crippen molar-refractivity contribution in [2.45, 2.75) is 135 Å². The van der Waals surface area contributed by atoms with Crippen molar-refractivity contribution in [3.63, 3.8) is 0 Å². The second-order valence-corrected chi connectivity index (χ2v) is 12.1. The highest BCUT2D eigenvalue weighted by Crippen LogP contribution is 2.57. The van der Waals surface area contributed by atoms with Crippen molar-refractivity contribution in [1.29, 1.82) is 0 Å². The Morgan fingerprint density at radius 2 is 1.02 bits per heavy atom. The maximum absolute atomic E-state index is 12.5. The highest BCUT2D eigenvalue weighted by atomic mass is 16.8. The second kappa shape index (κ2) is 12.6. The lowest BCUT2D eigenvalue weighted by Crippen LogP contribution is -2.92. The van der Waals surface area contributed by atoms with Crippen molar-refractivity contribution in [2.24, 2.45) is 0 Å². The van der Waals surface area contributed by atoms with Crippen LogP contribution in [0.1, 0.15) is 13.8 Å². The lowest BCUT2D eigenvalue weighted by atomic mass is 9.55. The van der Waals surface area contributed by atoms with E-state index in [9.17, 15) is 81.7 Å². The average molecular weight is 667 g/mol. The molecule has 0 radical (unpaired) electrons. The molecule has 4 heterocycles. The first kappa shape index (κ1) is 37.0. The third-order valence-corrected chi connectivity index (χ3v) is 9.67. The van der Waals surface area contributed by atoms with Gasteiger partial charge in [0, 0.05) is 0 Å². The van der Waals surface area contributed by atoms with Gasteiger partial charge in [0.25, 0.3) is 0 Å². The van der Waals surface area contributed by atoms with Gasteiger partial charge in [0.2, 0.25) is 0 Å². The largest absolute Gasteiger partial charge is 0.394 e. The molecule has 4 rings (SSSR count). The molecule has 4 saturated heterocycles. The van der Waals surface area contributed by atoms with Crippen molar-refractivity contribution < 1.29 is 105 Å². The van der Waals surface area contributed by atoms with Crippen molar-refractivity contribution in [2.75, 3.05) is 13.2 Å². The average Bonchev–Trinajstić information content (AvgIpc) is 3.00. The van der Waals surface area contributed by atoms with Gasteiger partial charge in [-0.1, -0.05) is 0 Å². The molecular formula is C24H42O21. The van der Waals surface area contributed by atoms with Gasteiger partial charge in [-0.15, -0.1) is 0 Å². The quantitative estimate of drug-likeness (QED) is 0.125. The molecular weight excluding hydrogens is 624 g/mol. The molecule has 0 bridgehead atoms. The Bertz CT molecular complexity index is 1040. The van der Waals surface area contributed by atoms with E-state index >= 15 is 0 Å². The highest BCUT2D eigenvalue weighted by Gasteiger charge is 2.82. The lowest BCUT2D eigenvalue weighted by molar-refractivity contribution is -0.482. The van der Waals surface area contributed by atoms with E-state index in [1.165, 1.54) is 0 Å². The van der Waals surface area contributed by atoms with Crippen LogP contribution in [-0.4, -0.2) is 216 Å². The van der Waals surface area contributed by atoms with Crippen LogP contribution in [-0.2, 0) is 23.7 Å². The Labute approximate surface area is 253 Å². The predicted molar refractivity (Wildman–Crippen MR) is 134 cm³/mol. The minimum Gasteiger partial charge on any atom is -0.394 e. The van der Waals surface area contributed by atoms with E-state index in [0.717, 1.165) is 13.8 Å². The monoisotopic (exact) mass is 666 g/mol. The van der Waals surface area contributed by atoms with Gasteiger partial charge in [0.05, 0.1) is 13.2 Å².